The summed E-state index contributed by atoms with van der Waals surface area (Å²) in [6.07, 6.45) is 2.46. The van der Waals surface area contributed by atoms with Crippen LogP contribution in [0.4, 0.5) is 4.39 Å². The van der Waals surface area contributed by atoms with Crippen molar-refractivity contribution >= 4 is 5.91 Å². The van der Waals surface area contributed by atoms with Crippen LogP contribution in [0.15, 0.2) is 30.5 Å². The second-order valence-corrected chi connectivity index (χ2v) is 8.02. The van der Waals surface area contributed by atoms with Gasteiger partial charge in [-0.05, 0) is 37.5 Å². The molecule has 1 saturated heterocycles. The van der Waals surface area contributed by atoms with E-state index in [9.17, 15) is 9.18 Å². The van der Waals surface area contributed by atoms with Gasteiger partial charge in [0.15, 0.2) is 0 Å². The summed E-state index contributed by atoms with van der Waals surface area (Å²) < 4.78 is 15.2. The monoisotopic (exact) mass is 386 g/mol. The molecule has 0 saturated carbocycles. The molecular weight excluding hydrogens is 355 g/mol. The van der Waals surface area contributed by atoms with Crippen molar-refractivity contribution in [2.45, 2.75) is 59.8 Å². The van der Waals surface area contributed by atoms with Crippen LogP contribution in [0, 0.1) is 18.7 Å². The van der Waals surface area contributed by atoms with E-state index >= 15 is 0 Å². The van der Waals surface area contributed by atoms with Gasteiger partial charge in [0.2, 0.25) is 5.91 Å². The normalized spacial score (nSPS) is 18.7. The zero-order valence-corrected chi connectivity index (χ0v) is 17.4. The molecule has 2 aromatic rings. The average molecular weight is 387 g/mol. The molecule has 5 nitrogen and oxygen atoms in total. The minimum absolute atomic E-state index is 0.126. The predicted octanol–water partition coefficient (Wildman–Crippen LogP) is 3.61. The first-order chi connectivity index (χ1) is 13.4. The molecule has 3 rings (SSSR count). The molecule has 0 unspecified atom stereocenters. The van der Waals surface area contributed by atoms with E-state index in [1.165, 1.54) is 23.4 Å². The van der Waals surface area contributed by atoms with Gasteiger partial charge in [0, 0.05) is 56.4 Å². The Morgan fingerprint density at radius 1 is 1.21 bits per heavy atom. The van der Waals surface area contributed by atoms with E-state index in [4.69, 9.17) is 0 Å². The fourth-order valence-electron chi connectivity index (χ4n) is 3.94. The first-order valence-corrected chi connectivity index (χ1v) is 10.2. The quantitative estimate of drug-likeness (QED) is 0.762. The van der Waals surface area contributed by atoms with Crippen molar-refractivity contribution in [2.75, 3.05) is 13.1 Å². The highest BCUT2D eigenvalue weighted by Gasteiger charge is 2.32. The molecule has 1 aliphatic rings. The van der Waals surface area contributed by atoms with Crippen LogP contribution in [0.1, 0.15) is 44.0 Å². The van der Waals surface area contributed by atoms with Crippen LogP contribution in [-0.4, -0.2) is 44.6 Å². The van der Waals surface area contributed by atoms with Crippen LogP contribution in [0.2, 0.25) is 0 Å². The van der Waals surface area contributed by atoms with Gasteiger partial charge >= 0.3 is 0 Å². The molecule has 1 atom stereocenters. The van der Waals surface area contributed by atoms with E-state index in [0.717, 1.165) is 31.7 Å². The van der Waals surface area contributed by atoms with Gasteiger partial charge in [-0.15, -0.1) is 0 Å². The molecule has 1 aromatic carbocycles. The highest BCUT2D eigenvalue weighted by Crippen LogP contribution is 2.23. The summed E-state index contributed by atoms with van der Waals surface area (Å²) in [5, 5.41) is 4.45. The SMILES string of the molecule is CCn1ncc(CN2CCC(=O)N(Cc3ccc(F)cc3)[C@@H](C(C)C)C2)c1C. The minimum Gasteiger partial charge on any atom is -0.334 e. The third-order valence-corrected chi connectivity index (χ3v) is 5.74. The van der Waals surface area contributed by atoms with Crippen molar-refractivity contribution in [1.29, 1.82) is 0 Å². The maximum atomic E-state index is 13.2. The van der Waals surface area contributed by atoms with E-state index in [0.29, 0.717) is 18.9 Å². The van der Waals surface area contributed by atoms with Gasteiger partial charge < -0.3 is 4.90 Å². The molecule has 1 amide bonds. The molecule has 0 aliphatic carbocycles. The van der Waals surface area contributed by atoms with Gasteiger partial charge in [-0.25, -0.2) is 4.39 Å². The van der Waals surface area contributed by atoms with Crippen LogP contribution in [0.3, 0.4) is 0 Å². The van der Waals surface area contributed by atoms with Crippen molar-refractivity contribution in [3.05, 3.63) is 53.1 Å². The molecule has 1 fully saturated rings. The number of halogens is 1. The Morgan fingerprint density at radius 3 is 2.54 bits per heavy atom. The highest BCUT2D eigenvalue weighted by atomic mass is 19.1. The van der Waals surface area contributed by atoms with Crippen molar-refractivity contribution in [3.63, 3.8) is 0 Å². The molecule has 0 N–H and O–H groups in total. The van der Waals surface area contributed by atoms with E-state index in [1.54, 1.807) is 12.1 Å². The number of aryl methyl sites for hydroxylation is 1. The molecule has 1 aliphatic heterocycles. The summed E-state index contributed by atoms with van der Waals surface area (Å²) in [6, 6.07) is 6.59. The van der Waals surface area contributed by atoms with Crippen molar-refractivity contribution in [3.8, 4) is 0 Å². The second kappa shape index (κ2) is 8.86. The van der Waals surface area contributed by atoms with Gasteiger partial charge in [-0.1, -0.05) is 26.0 Å². The van der Waals surface area contributed by atoms with Crippen LogP contribution in [0.5, 0.6) is 0 Å². The minimum atomic E-state index is -0.250. The Balaban J connectivity index is 1.77. The molecule has 0 spiro atoms. The van der Waals surface area contributed by atoms with Crippen LogP contribution in [-0.2, 0) is 24.4 Å². The number of aromatic nitrogens is 2. The summed E-state index contributed by atoms with van der Waals surface area (Å²) in [4.78, 5) is 17.3. The van der Waals surface area contributed by atoms with Gasteiger partial charge in [0.1, 0.15) is 5.82 Å². The molecule has 1 aromatic heterocycles. The topological polar surface area (TPSA) is 41.4 Å². The fourth-order valence-corrected chi connectivity index (χ4v) is 3.94. The summed E-state index contributed by atoms with van der Waals surface area (Å²) in [7, 11) is 0. The van der Waals surface area contributed by atoms with Crippen LogP contribution < -0.4 is 0 Å². The largest absolute Gasteiger partial charge is 0.334 e. The van der Waals surface area contributed by atoms with Gasteiger partial charge in [0.05, 0.1) is 6.20 Å². The molecular formula is C22H31FN4O. The first kappa shape index (κ1) is 20.5. The molecule has 0 bridgehead atoms. The molecule has 0 radical (unpaired) electrons. The highest BCUT2D eigenvalue weighted by molar-refractivity contribution is 5.77. The smallest absolute Gasteiger partial charge is 0.224 e. The number of benzene rings is 1. The lowest BCUT2D eigenvalue weighted by Crippen LogP contribution is -2.45. The van der Waals surface area contributed by atoms with E-state index in [2.05, 4.69) is 37.7 Å². The molecule has 6 heteroatoms. The van der Waals surface area contributed by atoms with E-state index in [-0.39, 0.29) is 17.8 Å². The van der Waals surface area contributed by atoms with Crippen molar-refractivity contribution < 1.29 is 9.18 Å². The molecule has 152 valence electrons. The maximum Gasteiger partial charge on any atom is 0.224 e. The average Bonchev–Trinajstić information content (AvgIpc) is 2.94. The summed E-state index contributed by atoms with van der Waals surface area (Å²) in [5.41, 5.74) is 3.39. The lowest BCUT2D eigenvalue weighted by Gasteiger charge is -2.35. The third-order valence-electron chi connectivity index (χ3n) is 5.74. The Hall–Kier alpha value is -2.21. The Labute approximate surface area is 167 Å². The van der Waals surface area contributed by atoms with Crippen molar-refractivity contribution in [2.24, 2.45) is 5.92 Å². The number of carbonyl (C=O) groups excluding carboxylic acids is 1. The first-order valence-electron chi connectivity index (χ1n) is 10.2. The lowest BCUT2D eigenvalue weighted by molar-refractivity contribution is -0.134. The van der Waals surface area contributed by atoms with Gasteiger partial charge in [0.25, 0.3) is 0 Å². The van der Waals surface area contributed by atoms with Gasteiger partial charge in [-0.2, -0.15) is 5.10 Å². The number of nitrogens with zero attached hydrogens (tertiary/aromatic N) is 4. The summed E-state index contributed by atoms with van der Waals surface area (Å²) in [6.45, 7) is 12.3. The predicted molar refractivity (Wildman–Crippen MR) is 108 cm³/mol. The summed E-state index contributed by atoms with van der Waals surface area (Å²) >= 11 is 0. The van der Waals surface area contributed by atoms with Crippen molar-refractivity contribution in [1.82, 2.24) is 19.6 Å². The maximum absolute atomic E-state index is 13.2. The number of rotatable bonds is 6. The summed E-state index contributed by atoms with van der Waals surface area (Å²) in [5.74, 6) is 0.261. The third kappa shape index (κ3) is 4.61. The van der Waals surface area contributed by atoms with Gasteiger partial charge in [-0.3, -0.25) is 14.4 Å². The lowest BCUT2D eigenvalue weighted by atomic mass is 10.0. The fraction of sp³-hybridized carbons (Fsp3) is 0.545. The number of amides is 1. The zero-order chi connectivity index (χ0) is 20.3. The number of hydrogen-bond donors (Lipinski definition) is 0. The van der Waals surface area contributed by atoms with Crippen LogP contribution >= 0.6 is 0 Å². The Bertz CT molecular complexity index is 799. The Morgan fingerprint density at radius 2 is 1.93 bits per heavy atom. The van der Waals surface area contributed by atoms with E-state index in [1.807, 2.05) is 15.8 Å². The van der Waals surface area contributed by atoms with Crippen LogP contribution in [0.25, 0.3) is 0 Å². The standard InChI is InChI=1S/C22H31FN4O/c1-5-27-17(4)19(12-24-27)14-25-11-10-22(28)26(21(15-25)16(2)3)13-18-6-8-20(23)9-7-18/h6-9,12,16,21H,5,10-11,13-15H2,1-4H3/t21-/m1/s1. The molecule has 28 heavy (non-hydrogen) atoms. The zero-order valence-electron chi connectivity index (χ0n) is 17.4. The second-order valence-electron chi connectivity index (χ2n) is 8.02. The molecule has 2 heterocycles. The number of hydrogen-bond acceptors (Lipinski definition) is 3. The van der Waals surface area contributed by atoms with E-state index < -0.39 is 0 Å². The number of carbonyl (C=O) groups is 1. The Kier molecular flexibility index (Phi) is 6.50.